The SMILES string of the molecule is COC[C@H]1[C@@H](NC(=O)Cc2ccc(OC)c(OC)c2)[C@@H]2CCO[C@@H]21. The molecule has 0 aromatic heterocycles. The Labute approximate surface area is 142 Å². The van der Waals surface area contributed by atoms with Gasteiger partial charge in [-0.2, -0.15) is 0 Å². The van der Waals surface area contributed by atoms with Crippen LogP contribution in [0.3, 0.4) is 0 Å². The minimum absolute atomic E-state index is 0.0127. The standard InChI is InChI=1S/C18H25NO5/c1-21-10-13-17(12-6-7-24-18(12)13)19-16(20)9-11-4-5-14(22-2)15(8-11)23-3/h4-5,8,12-13,17-18H,6-7,9-10H2,1-3H3,(H,19,20)/t12-,13-,17-,18-/m0/s1. The second-order valence-corrected chi connectivity index (χ2v) is 6.37. The van der Waals surface area contributed by atoms with E-state index in [0.29, 0.717) is 30.4 Å². The molecule has 0 radical (unpaired) electrons. The predicted octanol–water partition coefficient (Wildman–Crippen LogP) is 1.41. The van der Waals surface area contributed by atoms with Gasteiger partial charge < -0.3 is 24.3 Å². The molecule has 4 atom stereocenters. The van der Waals surface area contributed by atoms with Crippen molar-refractivity contribution >= 4 is 5.91 Å². The van der Waals surface area contributed by atoms with Crippen molar-refractivity contribution in [2.75, 3.05) is 34.5 Å². The van der Waals surface area contributed by atoms with Crippen LogP contribution in [-0.2, 0) is 20.7 Å². The van der Waals surface area contributed by atoms with E-state index in [1.54, 1.807) is 21.3 Å². The molecule has 2 fully saturated rings. The largest absolute Gasteiger partial charge is 0.493 e. The molecule has 1 saturated carbocycles. The summed E-state index contributed by atoms with van der Waals surface area (Å²) in [5.74, 6) is 1.97. The first-order chi connectivity index (χ1) is 11.7. The summed E-state index contributed by atoms with van der Waals surface area (Å²) >= 11 is 0. The lowest BCUT2D eigenvalue weighted by atomic mass is 9.67. The van der Waals surface area contributed by atoms with Crippen LogP contribution >= 0.6 is 0 Å². The van der Waals surface area contributed by atoms with E-state index in [9.17, 15) is 4.79 Å². The number of carbonyl (C=O) groups is 1. The third-order valence-corrected chi connectivity index (χ3v) is 5.03. The Morgan fingerprint density at radius 3 is 2.75 bits per heavy atom. The van der Waals surface area contributed by atoms with Gasteiger partial charge in [-0.3, -0.25) is 4.79 Å². The number of hydrogen-bond donors (Lipinski definition) is 1. The van der Waals surface area contributed by atoms with Gasteiger partial charge in [-0.15, -0.1) is 0 Å². The second-order valence-electron chi connectivity index (χ2n) is 6.37. The van der Waals surface area contributed by atoms with E-state index in [0.717, 1.165) is 18.6 Å². The van der Waals surface area contributed by atoms with Gasteiger partial charge in [-0.25, -0.2) is 0 Å². The summed E-state index contributed by atoms with van der Waals surface area (Å²) in [6.07, 6.45) is 1.55. The van der Waals surface area contributed by atoms with Gasteiger partial charge >= 0.3 is 0 Å². The van der Waals surface area contributed by atoms with E-state index >= 15 is 0 Å². The quantitative estimate of drug-likeness (QED) is 0.816. The molecule has 3 rings (SSSR count). The topological polar surface area (TPSA) is 66.0 Å². The molecule has 0 unspecified atom stereocenters. The summed E-state index contributed by atoms with van der Waals surface area (Å²) in [7, 11) is 4.87. The summed E-state index contributed by atoms with van der Waals surface area (Å²) in [5.41, 5.74) is 0.895. The number of amides is 1. The molecule has 2 aliphatic rings. The molecule has 1 saturated heterocycles. The highest BCUT2D eigenvalue weighted by molar-refractivity contribution is 5.79. The van der Waals surface area contributed by atoms with Crippen molar-refractivity contribution in [3.8, 4) is 11.5 Å². The zero-order valence-corrected chi connectivity index (χ0v) is 14.4. The van der Waals surface area contributed by atoms with Crippen molar-refractivity contribution in [1.29, 1.82) is 0 Å². The molecule has 1 heterocycles. The molecular formula is C18H25NO5. The number of methoxy groups -OCH3 is 3. The van der Waals surface area contributed by atoms with E-state index in [1.165, 1.54) is 0 Å². The molecule has 1 amide bonds. The maximum absolute atomic E-state index is 12.4. The molecule has 1 N–H and O–H groups in total. The Kier molecular flexibility index (Phi) is 5.26. The van der Waals surface area contributed by atoms with Crippen LogP contribution in [0.4, 0.5) is 0 Å². The number of benzene rings is 1. The molecule has 6 heteroatoms. The van der Waals surface area contributed by atoms with E-state index in [-0.39, 0.29) is 24.0 Å². The van der Waals surface area contributed by atoms with Crippen molar-refractivity contribution in [2.24, 2.45) is 11.8 Å². The molecular weight excluding hydrogens is 310 g/mol. The van der Waals surface area contributed by atoms with Crippen molar-refractivity contribution in [2.45, 2.75) is 25.0 Å². The van der Waals surface area contributed by atoms with Crippen molar-refractivity contribution < 1.29 is 23.7 Å². The third-order valence-electron chi connectivity index (χ3n) is 5.03. The summed E-state index contributed by atoms with van der Waals surface area (Å²) in [6.45, 7) is 1.39. The molecule has 1 aliphatic heterocycles. The van der Waals surface area contributed by atoms with E-state index < -0.39 is 0 Å². The summed E-state index contributed by atoms with van der Waals surface area (Å²) in [5, 5.41) is 3.17. The van der Waals surface area contributed by atoms with Crippen LogP contribution in [0.5, 0.6) is 11.5 Å². The van der Waals surface area contributed by atoms with Gasteiger partial charge in [-0.05, 0) is 24.1 Å². The van der Waals surface area contributed by atoms with E-state index in [1.807, 2.05) is 18.2 Å². The Balaban J connectivity index is 1.61. The average Bonchev–Trinajstić information content (AvgIpc) is 3.02. The monoisotopic (exact) mass is 335 g/mol. The highest BCUT2D eigenvalue weighted by atomic mass is 16.5. The minimum Gasteiger partial charge on any atom is -0.493 e. The molecule has 1 aromatic rings. The zero-order chi connectivity index (χ0) is 17.1. The molecule has 24 heavy (non-hydrogen) atoms. The van der Waals surface area contributed by atoms with Crippen LogP contribution < -0.4 is 14.8 Å². The Hall–Kier alpha value is -1.79. The molecule has 132 valence electrons. The maximum Gasteiger partial charge on any atom is 0.224 e. The van der Waals surface area contributed by atoms with Gasteiger partial charge in [0, 0.05) is 31.6 Å². The first-order valence-corrected chi connectivity index (χ1v) is 8.28. The van der Waals surface area contributed by atoms with Gasteiger partial charge in [0.1, 0.15) is 0 Å². The fraction of sp³-hybridized carbons (Fsp3) is 0.611. The van der Waals surface area contributed by atoms with Crippen molar-refractivity contribution in [3.63, 3.8) is 0 Å². The van der Waals surface area contributed by atoms with Crippen LogP contribution in [0, 0.1) is 11.8 Å². The van der Waals surface area contributed by atoms with Gasteiger partial charge in [0.15, 0.2) is 11.5 Å². The van der Waals surface area contributed by atoms with Crippen LogP contribution in [0.2, 0.25) is 0 Å². The smallest absolute Gasteiger partial charge is 0.224 e. The van der Waals surface area contributed by atoms with Crippen molar-refractivity contribution in [3.05, 3.63) is 23.8 Å². The summed E-state index contributed by atoms with van der Waals surface area (Å²) in [6, 6.07) is 5.69. The Morgan fingerprint density at radius 1 is 1.25 bits per heavy atom. The number of fused-ring (bicyclic) bond motifs is 1. The number of hydrogen-bond acceptors (Lipinski definition) is 5. The lowest BCUT2D eigenvalue weighted by Crippen LogP contribution is -2.62. The minimum atomic E-state index is 0.0127. The van der Waals surface area contributed by atoms with E-state index in [4.69, 9.17) is 18.9 Å². The van der Waals surface area contributed by atoms with Gasteiger partial charge in [0.2, 0.25) is 5.91 Å². The number of rotatable bonds is 7. The zero-order valence-electron chi connectivity index (χ0n) is 14.4. The normalized spacial score (nSPS) is 28.0. The molecule has 1 aromatic carbocycles. The highest BCUT2D eigenvalue weighted by Crippen LogP contribution is 2.43. The van der Waals surface area contributed by atoms with Gasteiger partial charge in [-0.1, -0.05) is 6.07 Å². The lowest BCUT2D eigenvalue weighted by molar-refractivity contribution is -0.129. The fourth-order valence-electron chi connectivity index (χ4n) is 3.85. The predicted molar refractivity (Wildman–Crippen MR) is 88.4 cm³/mol. The van der Waals surface area contributed by atoms with Crippen LogP contribution in [0.15, 0.2) is 18.2 Å². The lowest BCUT2D eigenvalue weighted by Gasteiger charge is -2.47. The van der Waals surface area contributed by atoms with Gasteiger partial charge in [0.05, 0.1) is 33.4 Å². The van der Waals surface area contributed by atoms with Crippen molar-refractivity contribution in [1.82, 2.24) is 5.32 Å². The number of nitrogens with one attached hydrogen (secondary N) is 1. The third kappa shape index (κ3) is 3.21. The molecule has 6 nitrogen and oxygen atoms in total. The number of carbonyl (C=O) groups excluding carboxylic acids is 1. The fourth-order valence-corrected chi connectivity index (χ4v) is 3.85. The first kappa shape index (κ1) is 17.0. The summed E-state index contributed by atoms with van der Waals surface area (Å²) in [4.78, 5) is 12.4. The molecule has 0 bridgehead atoms. The highest BCUT2D eigenvalue weighted by Gasteiger charge is 2.54. The number of ether oxygens (including phenoxy) is 4. The summed E-state index contributed by atoms with van der Waals surface area (Å²) < 4.78 is 21.5. The van der Waals surface area contributed by atoms with E-state index in [2.05, 4.69) is 5.32 Å². The molecule has 0 spiro atoms. The van der Waals surface area contributed by atoms with Crippen LogP contribution in [0.25, 0.3) is 0 Å². The maximum atomic E-state index is 12.4. The Morgan fingerprint density at radius 2 is 2.04 bits per heavy atom. The van der Waals surface area contributed by atoms with Gasteiger partial charge in [0.25, 0.3) is 0 Å². The Bertz CT molecular complexity index is 591. The first-order valence-electron chi connectivity index (χ1n) is 8.28. The van der Waals surface area contributed by atoms with Crippen LogP contribution in [0.1, 0.15) is 12.0 Å². The molecule has 1 aliphatic carbocycles. The second kappa shape index (κ2) is 7.40. The average molecular weight is 335 g/mol. The van der Waals surface area contributed by atoms with Crippen LogP contribution in [-0.4, -0.2) is 52.6 Å².